The summed E-state index contributed by atoms with van der Waals surface area (Å²) in [5.74, 6) is -0.0398. The van der Waals surface area contributed by atoms with Crippen LogP contribution in [0.3, 0.4) is 0 Å². The quantitative estimate of drug-likeness (QED) is 0.121. The molecule has 0 atom stereocenters. The number of rotatable bonds is 7. The molecular weight excluding hydrogens is 600 g/mol. The third-order valence-corrected chi connectivity index (χ3v) is 7.46. The Hall–Kier alpha value is -4.27. The summed E-state index contributed by atoms with van der Waals surface area (Å²) in [7, 11) is 1.55. The molecule has 4 aromatic rings. The zero-order valence-electron chi connectivity index (χ0n) is 22.8. The minimum Gasteiger partial charge on any atom is -0.493 e. The molecule has 1 heterocycles. The number of aryl methyl sites for hydroxylation is 2. The van der Waals surface area contributed by atoms with Gasteiger partial charge >= 0.3 is 0 Å². The summed E-state index contributed by atoms with van der Waals surface area (Å²) in [6, 6.07) is 27.9. The highest BCUT2D eigenvalue weighted by Crippen LogP contribution is 2.38. The second kappa shape index (κ2) is 12.1. The van der Waals surface area contributed by atoms with E-state index in [1.807, 2.05) is 50.2 Å². The van der Waals surface area contributed by atoms with Crippen LogP contribution in [0, 0.1) is 13.8 Å². The van der Waals surface area contributed by atoms with Gasteiger partial charge in [-0.05, 0) is 95.6 Å². The Balaban J connectivity index is 1.53. The first-order chi connectivity index (χ1) is 19.8. The van der Waals surface area contributed by atoms with Crippen LogP contribution >= 0.6 is 28.1 Å². The van der Waals surface area contributed by atoms with E-state index < -0.39 is 11.8 Å². The van der Waals surface area contributed by atoms with Gasteiger partial charge in [-0.1, -0.05) is 65.7 Å². The molecule has 206 valence electrons. The molecular formula is C33H27BrN2O4S. The fraction of sp³-hybridized carbons (Fsp3) is 0.121. The molecule has 0 unspecified atom stereocenters. The van der Waals surface area contributed by atoms with Crippen molar-refractivity contribution in [1.29, 1.82) is 0 Å². The van der Waals surface area contributed by atoms with Gasteiger partial charge in [-0.15, -0.1) is 0 Å². The second-order valence-corrected chi connectivity index (χ2v) is 10.8. The number of methoxy groups -OCH3 is 1. The molecule has 4 aromatic carbocycles. The molecule has 6 nitrogen and oxygen atoms in total. The fourth-order valence-corrected chi connectivity index (χ4v) is 5.73. The van der Waals surface area contributed by atoms with Crippen LogP contribution in [-0.2, 0) is 16.2 Å². The second-order valence-electron chi connectivity index (χ2n) is 9.61. The van der Waals surface area contributed by atoms with Crippen LogP contribution < -0.4 is 19.3 Å². The van der Waals surface area contributed by atoms with Gasteiger partial charge in [0.15, 0.2) is 16.6 Å². The summed E-state index contributed by atoms with van der Waals surface area (Å²) in [5, 5.41) is 0.0865. The van der Waals surface area contributed by atoms with E-state index in [2.05, 4.69) is 34.1 Å². The molecule has 0 bridgehead atoms. The largest absolute Gasteiger partial charge is 0.493 e. The topological polar surface area (TPSA) is 59.1 Å². The molecule has 5 rings (SSSR count). The summed E-state index contributed by atoms with van der Waals surface area (Å²) in [4.78, 5) is 30.4. The van der Waals surface area contributed by atoms with Gasteiger partial charge in [0.1, 0.15) is 12.2 Å². The van der Waals surface area contributed by atoms with Gasteiger partial charge in [-0.25, -0.2) is 0 Å². The predicted octanol–water partition coefficient (Wildman–Crippen LogP) is 7.40. The van der Waals surface area contributed by atoms with Gasteiger partial charge in [-0.2, -0.15) is 0 Å². The maximum atomic E-state index is 13.8. The average Bonchev–Trinajstić information content (AvgIpc) is 2.95. The van der Waals surface area contributed by atoms with Crippen LogP contribution in [0.25, 0.3) is 6.08 Å². The highest BCUT2D eigenvalue weighted by atomic mass is 79.9. The van der Waals surface area contributed by atoms with Gasteiger partial charge in [0.25, 0.3) is 11.8 Å². The first kappa shape index (κ1) is 28.3. The molecule has 1 aliphatic rings. The predicted molar refractivity (Wildman–Crippen MR) is 169 cm³/mol. The van der Waals surface area contributed by atoms with Crippen molar-refractivity contribution < 1.29 is 19.1 Å². The van der Waals surface area contributed by atoms with E-state index in [1.54, 1.807) is 49.6 Å². The zero-order chi connectivity index (χ0) is 29.1. The lowest BCUT2D eigenvalue weighted by atomic mass is 10.0. The van der Waals surface area contributed by atoms with Crippen molar-refractivity contribution in [3.05, 3.63) is 123 Å². The molecule has 0 spiro atoms. The molecule has 0 aliphatic carbocycles. The number of carbonyl (C=O) groups excluding carboxylic acids is 2. The van der Waals surface area contributed by atoms with Crippen molar-refractivity contribution in [2.45, 2.75) is 20.5 Å². The third-order valence-electron chi connectivity index (χ3n) is 6.51. The number of carbonyl (C=O) groups is 2. The number of para-hydroxylation sites is 2. The standard InChI is InChI=1S/C33H27BrN2O4S/c1-21-14-22(2)16-24(15-21)20-40-30-28(34)18-23(19-29(30)39-3)17-27-31(37)35(25-10-6-4-7-11-25)33(41)36(32(27)38)26-12-8-5-9-13-26/h4-19H,20H2,1-3H3. The number of halogens is 1. The van der Waals surface area contributed by atoms with Gasteiger partial charge in [-0.3, -0.25) is 19.4 Å². The minimum absolute atomic E-state index is 0.0378. The van der Waals surface area contributed by atoms with Gasteiger partial charge in [0, 0.05) is 0 Å². The Morgan fingerprint density at radius 1 is 0.805 bits per heavy atom. The number of nitrogens with zero attached hydrogens (tertiary/aromatic N) is 2. The average molecular weight is 628 g/mol. The lowest BCUT2D eigenvalue weighted by Crippen LogP contribution is -2.56. The molecule has 2 amide bonds. The normalized spacial score (nSPS) is 13.5. The summed E-state index contributed by atoms with van der Waals surface area (Å²) < 4.78 is 12.4. The monoisotopic (exact) mass is 626 g/mol. The Morgan fingerprint density at radius 2 is 1.34 bits per heavy atom. The number of ether oxygens (including phenoxy) is 2. The number of anilines is 2. The summed E-state index contributed by atoms with van der Waals surface area (Å²) in [6.45, 7) is 4.45. The Labute approximate surface area is 252 Å². The van der Waals surface area contributed by atoms with E-state index >= 15 is 0 Å². The lowest BCUT2D eigenvalue weighted by Gasteiger charge is -2.36. The zero-order valence-corrected chi connectivity index (χ0v) is 25.2. The SMILES string of the molecule is COc1cc(C=C2C(=O)N(c3ccccc3)C(=S)N(c3ccccc3)C2=O)cc(Br)c1OCc1cc(C)cc(C)c1. The van der Waals surface area contributed by atoms with Gasteiger partial charge in [0.2, 0.25) is 0 Å². The van der Waals surface area contributed by atoms with Gasteiger partial charge in [0.05, 0.1) is 23.0 Å². The van der Waals surface area contributed by atoms with E-state index in [0.29, 0.717) is 39.5 Å². The minimum atomic E-state index is -0.511. The van der Waals surface area contributed by atoms with Crippen molar-refractivity contribution in [1.82, 2.24) is 0 Å². The summed E-state index contributed by atoms with van der Waals surface area (Å²) in [5.41, 5.74) is 5.03. The third kappa shape index (κ3) is 5.94. The maximum Gasteiger partial charge on any atom is 0.270 e. The molecule has 0 N–H and O–H groups in total. The van der Waals surface area contributed by atoms with E-state index in [1.165, 1.54) is 9.80 Å². The fourth-order valence-electron chi connectivity index (χ4n) is 4.78. The van der Waals surface area contributed by atoms with E-state index in [0.717, 1.165) is 16.7 Å². The lowest BCUT2D eigenvalue weighted by molar-refractivity contribution is -0.120. The number of hydrogen-bond donors (Lipinski definition) is 0. The van der Waals surface area contributed by atoms with E-state index in [-0.39, 0.29) is 10.7 Å². The highest BCUT2D eigenvalue weighted by Gasteiger charge is 2.41. The molecule has 0 saturated carbocycles. The van der Waals surface area contributed by atoms with Gasteiger partial charge < -0.3 is 9.47 Å². The molecule has 1 saturated heterocycles. The van der Waals surface area contributed by atoms with Crippen LogP contribution in [0.15, 0.2) is 101 Å². The molecule has 41 heavy (non-hydrogen) atoms. The number of thiocarbonyl (C=S) groups is 1. The first-order valence-corrected chi connectivity index (χ1v) is 14.1. The van der Waals surface area contributed by atoms with Crippen molar-refractivity contribution >= 4 is 62.5 Å². The van der Waals surface area contributed by atoms with Crippen LogP contribution in [-0.4, -0.2) is 24.0 Å². The number of hydrogen-bond acceptors (Lipinski definition) is 5. The van der Waals surface area contributed by atoms with Crippen molar-refractivity contribution in [3.63, 3.8) is 0 Å². The molecule has 1 fully saturated rings. The molecule has 0 aromatic heterocycles. The maximum absolute atomic E-state index is 13.8. The Morgan fingerprint density at radius 3 is 1.85 bits per heavy atom. The highest BCUT2D eigenvalue weighted by molar-refractivity contribution is 9.10. The number of amides is 2. The first-order valence-electron chi connectivity index (χ1n) is 12.9. The molecule has 8 heteroatoms. The van der Waals surface area contributed by atoms with Crippen LogP contribution in [0.1, 0.15) is 22.3 Å². The van der Waals surface area contributed by atoms with Crippen molar-refractivity contribution in [2.75, 3.05) is 16.9 Å². The van der Waals surface area contributed by atoms with E-state index in [9.17, 15) is 9.59 Å². The van der Waals surface area contributed by atoms with Crippen LogP contribution in [0.4, 0.5) is 11.4 Å². The smallest absolute Gasteiger partial charge is 0.270 e. The van der Waals surface area contributed by atoms with Crippen LogP contribution in [0.2, 0.25) is 0 Å². The Kier molecular flexibility index (Phi) is 8.33. The van der Waals surface area contributed by atoms with Crippen LogP contribution in [0.5, 0.6) is 11.5 Å². The van der Waals surface area contributed by atoms with Crippen molar-refractivity contribution in [2.24, 2.45) is 0 Å². The van der Waals surface area contributed by atoms with Crippen molar-refractivity contribution in [3.8, 4) is 11.5 Å². The Bertz CT molecular complexity index is 1590. The molecule has 1 aliphatic heterocycles. The van der Waals surface area contributed by atoms with E-state index in [4.69, 9.17) is 21.7 Å². The summed E-state index contributed by atoms with van der Waals surface area (Å²) >= 11 is 9.28. The summed E-state index contributed by atoms with van der Waals surface area (Å²) in [6.07, 6.45) is 1.55. The molecule has 0 radical (unpaired) electrons. The number of benzene rings is 4.